The van der Waals surface area contributed by atoms with Crippen LogP contribution in [0, 0.1) is 0 Å². The average Bonchev–Trinajstić information content (AvgIpc) is 0. The zero-order chi connectivity index (χ0) is 0. The van der Waals surface area contributed by atoms with Crippen LogP contribution >= 0.6 is 0 Å². The fourth-order valence-electron chi connectivity index (χ4n) is 0. The van der Waals surface area contributed by atoms with Crippen molar-refractivity contribution in [1.29, 1.82) is 0 Å². The van der Waals surface area contributed by atoms with Crippen molar-refractivity contribution >= 4 is 34.7 Å². The summed E-state index contributed by atoms with van der Waals surface area (Å²) in [7, 11) is 0. The molecule has 0 aliphatic heterocycles. The van der Waals surface area contributed by atoms with Crippen LogP contribution in [0.15, 0.2) is 0 Å². The van der Waals surface area contributed by atoms with Gasteiger partial charge in [0.2, 0.25) is 0 Å². The predicted octanol–water partition coefficient (Wildman–Crippen LogP) is -2.38. The second kappa shape index (κ2) is 27.1. The van der Waals surface area contributed by atoms with Crippen LogP contribution in [-0.2, 0) is 64.5 Å². The largest absolute Gasteiger partial charge is 0.187 e. The van der Waals surface area contributed by atoms with Crippen molar-refractivity contribution in [2.45, 2.75) is 0 Å². The van der Waals surface area contributed by atoms with Gasteiger partial charge in [0.1, 0.15) is 0 Å². The Bertz CT molecular complexity index is 7.61. The Morgan fingerprint density at radius 1 is 0.600 bits per heavy atom. The zero-order valence-corrected chi connectivity index (χ0v) is 7.64. The fraction of sp³-hybridized carbons (Fsp3) is 0. The predicted molar refractivity (Wildman–Crippen MR) is 19.9 cm³/mol. The van der Waals surface area contributed by atoms with E-state index in [1.165, 1.54) is 0 Å². The standard InChI is InChI=1S/2Al.Au.2Pt.6H. The van der Waals surface area contributed by atoms with Crippen molar-refractivity contribution in [2.24, 2.45) is 0 Å². The van der Waals surface area contributed by atoms with Gasteiger partial charge in [-0.3, -0.25) is 0 Å². The second-order valence-corrected chi connectivity index (χ2v) is 0. The third-order valence-corrected chi connectivity index (χ3v) is 0. The summed E-state index contributed by atoms with van der Waals surface area (Å²) in [5.41, 5.74) is 0. The van der Waals surface area contributed by atoms with Crippen molar-refractivity contribution in [3.8, 4) is 0 Å². The summed E-state index contributed by atoms with van der Waals surface area (Å²) in [6.45, 7) is 0. The molecule has 0 atom stereocenters. The van der Waals surface area contributed by atoms with Gasteiger partial charge in [-0.1, -0.05) is 0 Å². The summed E-state index contributed by atoms with van der Waals surface area (Å²) < 4.78 is 0. The summed E-state index contributed by atoms with van der Waals surface area (Å²) in [6.07, 6.45) is 0. The number of hydrogen-bond acceptors (Lipinski definition) is 0. The Labute approximate surface area is 97.5 Å². The van der Waals surface area contributed by atoms with Crippen molar-refractivity contribution in [2.75, 3.05) is 0 Å². The van der Waals surface area contributed by atoms with E-state index in [0.717, 1.165) is 0 Å². The van der Waals surface area contributed by atoms with Crippen LogP contribution in [-0.4, -0.2) is 34.7 Å². The van der Waals surface area contributed by atoms with Crippen molar-refractivity contribution < 1.29 is 64.5 Å². The number of rotatable bonds is 0. The first kappa shape index (κ1) is 41.7. The van der Waals surface area contributed by atoms with Gasteiger partial charge in [-0.05, 0) is 0 Å². The van der Waals surface area contributed by atoms with Crippen molar-refractivity contribution in [3.05, 3.63) is 0 Å². The molecular formula is H6Al2AuPt2. The normalized spacial score (nSPS) is 0. The molecule has 0 unspecified atom stereocenters. The van der Waals surface area contributed by atoms with Crippen molar-refractivity contribution in [1.82, 2.24) is 0 Å². The Morgan fingerprint density at radius 3 is 0.600 bits per heavy atom. The Hall–Kier alpha value is 3.18. The molecule has 0 heterocycles. The van der Waals surface area contributed by atoms with E-state index in [4.69, 9.17) is 0 Å². The van der Waals surface area contributed by atoms with Gasteiger partial charge < -0.3 is 0 Å². The van der Waals surface area contributed by atoms with Gasteiger partial charge in [0, 0.05) is 64.5 Å². The minimum atomic E-state index is 0. The van der Waals surface area contributed by atoms with Gasteiger partial charge in [0.15, 0.2) is 34.7 Å². The molecule has 1 radical (unpaired) electrons. The van der Waals surface area contributed by atoms with Crippen LogP contribution in [0.2, 0.25) is 0 Å². The van der Waals surface area contributed by atoms with E-state index in [1.807, 2.05) is 0 Å². The summed E-state index contributed by atoms with van der Waals surface area (Å²) in [4.78, 5) is 0. The molecular weight excluding hydrogens is 641 g/mol. The second-order valence-electron chi connectivity index (χ2n) is 0. The smallest absolute Gasteiger partial charge is 0 e. The molecule has 0 aromatic carbocycles. The van der Waals surface area contributed by atoms with Gasteiger partial charge in [-0.2, -0.15) is 0 Å². The van der Waals surface area contributed by atoms with Gasteiger partial charge in [0.05, 0.1) is 0 Å². The van der Waals surface area contributed by atoms with Gasteiger partial charge in [-0.25, -0.2) is 0 Å². The maximum Gasteiger partial charge on any atom is 0.187 e. The molecule has 5 heteroatoms. The summed E-state index contributed by atoms with van der Waals surface area (Å²) in [5.74, 6) is 0. The maximum absolute atomic E-state index is 0. The minimum absolute atomic E-state index is 0. The molecule has 0 nitrogen and oxygen atoms in total. The topological polar surface area (TPSA) is 0 Å². The molecule has 0 aromatic rings. The van der Waals surface area contributed by atoms with E-state index >= 15 is 0 Å². The Balaban J connectivity index is 0. The summed E-state index contributed by atoms with van der Waals surface area (Å²) in [5, 5.41) is 0. The van der Waals surface area contributed by atoms with Crippen LogP contribution in [0.5, 0.6) is 0 Å². The minimum Gasteiger partial charge on any atom is 0 e. The molecule has 0 saturated heterocycles. The van der Waals surface area contributed by atoms with Gasteiger partial charge >= 0.3 is 0 Å². The third kappa shape index (κ3) is 19.0. The van der Waals surface area contributed by atoms with E-state index in [0.29, 0.717) is 0 Å². The molecule has 43 valence electrons. The van der Waals surface area contributed by atoms with E-state index in [9.17, 15) is 0 Å². The molecule has 5 heavy (non-hydrogen) atoms. The fourth-order valence-corrected chi connectivity index (χ4v) is 0. The van der Waals surface area contributed by atoms with Crippen LogP contribution in [0.3, 0.4) is 0 Å². The molecule has 0 aromatic heterocycles. The molecule has 0 rings (SSSR count). The maximum atomic E-state index is 0. The molecule has 0 amide bonds. The van der Waals surface area contributed by atoms with Crippen molar-refractivity contribution in [3.63, 3.8) is 0 Å². The summed E-state index contributed by atoms with van der Waals surface area (Å²) >= 11 is 0. The van der Waals surface area contributed by atoms with Crippen LogP contribution in [0.25, 0.3) is 0 Å². The van der Waals surface area contributed by atoms with Gasteiger partial charge in [-0.15, -0.1) is 0 Å². The first-order valence-electron chi connectivity index (χ1n) is 0. The first-order chi connectivity index (χ1) is 0. The molecule has 0 aliphatic carbocycles. The van der Waals surface area contributed by atoms with Gasteiger partial charge in [0.25, 0.3) is 0 Å². The number of hydrogen-bond donors (Lipinski definition) is 0. The van der Waals surface area contributed by atoms with Crippen LogP contribution in [0.4, 0.5) is 0 Å². The average molecular weight is 647 g/mol. The molecule has 0 spiro atoms. The monoisotopic (exact) mass is 647 g/mol. The molecule has 0 bridgehead atoms. The molecule has 0 fully saturated rings. The Kier molecular flexibility index (Phi) is 226. The quantitative estimate of drug-likeness (QED) is 0.258. The SMILES string of the molecule is [AlH3].[AlH3].[Au].[Pt].[Pt]. The van der Waals surface area contributed by atoms with E-state index in [1.54, 1.807) is 0 Å². The van der Waals surface area contributed by atoms with Crippen LogP contribution < -0.4 is 0 Å². The first-order valence-corrected chi connectivity index (χ1v) is 0. The molecule has 0 N–H and O–H groups in total. The summed E-state index contributed by atoms with van der Waals surface area (Å²) in [6, 6.07) is 0. The Morgan fingerprint density at radius 2 is 0.600 bits per heavy atom. The molecule has 0 aliphatic rings. The van der Waals surface area contributed by atoms with E-state index < -0.39 is 0 Å². The molecule has 0 saturated carbocycles. The van der Waals surface area contributed by atoms with E-state index in [2.05, 4.69) is 0 Å². The van der Waals surface area contributed by atoms with E-state index in [-0.39, 0.29) is 99.2 Å². The zero-order valence-electron chi connectivity index (χ0n) is 0.934. The third-order valence-electron chi connectivity index (χ3n) is 0. The van der Waals surface area contributed by atoms with Crippen LogP contribution in [0.1, 0.15) is 0 Å².